The van der Waals surface area contributed by atoms with Crippen LogP contribution in [0, 0.1) is 5.92 Å². The maximum absolute atomic E-state index is 12.5. The van der Waals surface area contributed by atoms with Crippen molar-refractivity contribution in [3.8, 4) is 0 Å². The molecule has 0 unspecified atom stereocenters. The molecule has 0 saturated carbocycles. The lowest BCUT2D eigenvalue weighted by molar-refractivity contribution is -0.158. The summed E-state index contributed by atoms with van der Waals surface area (Å²) < 4.78 is 42.5. The normalized spacial score (nSPS) is 17.4. The smallest absolute Gasteiger partial charge is 0.417 e. The van der Waals surface area contributed by atoms with Gasteiger partial charge in [-0.15, -0.1) is 0 Å². The molecular weight excluding hydrogens is 327 g/mol. The van der Waals surface area contributed by atoms with E-state index in [9.17, 15) is 22.8 Å². The predicted octanol–water partition coefficient (Wildman–Crippen LogP) is 1.73. The van der Waals surface area contributed by atoms with Gasteiger partial charge in [-0.05, 0) is 31.9 Å². The van der Waals surface area contributed by atoms with E-state index in [0.29, 0.717) is 31.7 Å². The Morgan fingerprint density at radius 3 is 2.42 bits per heavy atom. The monoisotopic (exact) mass is 345 g/mol. The van der Waals surface area contributed by atoms with Crippen LogP contribution in [-0.2, 0) is 20.5 Å². The Morgan fingerprint density at radius 1 is 1.33 bits per heavy atom. The van der Waals surface area contributed by atoms with E-state index in [1.165, 1.54) is 13.0 Å². The Bertz CT molecular complexity index is 596. The molecule has 0 bridgehead atoms. The molecule has 1 aliphatic heterocycles. The number of carbonyl (C=O) groups is 2. The van der Waals surface area contributed by atoms with Crippen molar-refractivity contribution >= 4 is 17.7 Å². The van der Waals surface area contributed by atoms with E-state index in [4.69, 9.17) is 10.5 Å². The highest BCUT2D eigenvalue weighted by Crippen LogP contribution is 2.30. The Morgan fingerprint density at radius 2 is 1.96 bits per heavy atom. The number of primary amides is 1. The number of amides is 1. The Kier molecular flexibility index (Phi) is 5.30. The average molecular weight is 345 g/mol. The number of nitrogens with zero attached hydrogens (tertiary/aromatic N) is 2. The van der Waals surface area contributed by atoms with Crippen molar-refractivity contribution in [3.05, 3.63) is 23.9 Å². The Balaban J connectivity index is 1.90. The van der Waals surface area contributed by atoms with E-state index in [-0.39, 0.29) is 5.92 Å². The van der Waals surface area contributed by atoms with Crippen LogP contribution in [0.4, 0.5) is 19.0 Å². The minimum atomic E-state index is -4.42. The van der Waals surface area contributed by atoms with Crippen LogP contribution in [0.25, 0.3) is 0 Å². The molecule has 24 heavy (non-hydrogen) atoms. The number of aromatic nitrogens is 1. The van der Waals surface area contributed by atoms with Gasteiger partial charge in [-0.25, -0.2) is 4.98 Å². The highest BCUT2D eigenvalue weighted by molar-refractivity contribution is 5.82. The van der Waals surface area contributed by atoms with Crippen molar-refractivity contribution in [1.82, 2.24) is 4.98 Å². The molecule has 2 N–H and O–H groups in total. The first-order chi connectivity index (χ1) is 11.2. The van der Waals surface area contributed by atoms with E-state index in [0.717, 1.165) is 12.3 Å². The van der Waals surface area contributed by atoms with Crippen LogP contribution in [0.15, 0.2) is 18.3 Å². The first-order valence-corrected chi connectivity index (χ1v) is 7.46. The molecule has 1 aromatic rings. The molecule has 1 aliphatic rings. The van der Waals surface area contributed by atoms with E-state index in [2.05, 4.69) is 4.98 Å². The molecule has 0 spiro atoms. The van der Waals surface area contributed by atoms with E-state index >= 15 is 0 Å². The molecule has 2 rings (SSSR count). The van der Waals surface area contributed by atoms with Crippen molar-refractivity contribution < 1.29 is 27.5 Å². The number of pyridine rings is 1. The standard InChI is InChI=1S/C15H18F3N3O3/c1-9(13(19)22)24-14(23)10-4-6-21(7-5-10)12-3-2-11(8-20-12)15(16,17)18/h2-3,8-10H,4-7H2,1H3,(H2,19,22)/t9-/m0/s1. The molecule has 0 aromatic carbocycles. The van der Waals surface area contributed by atoms with Crippen molar-refractivity contribution in [3.63, 3.8) is 0 Å². The summed E-state index contributed by atoms with van der Waals surface area (Å²) in [6.07, 6.45) is -3.67. The van der Waals surface area contributed by atoms with Gasteiger partial charge in [0.25, 0.3) is 5.91 Å². The maximum atomic E-state index is 12.5. The molecule has 1 saturated heterocycles. The number of anilines is 1. The summed E-state index contributed by atoms with van der Waals surface area (Å²) in [6, 6.07) is 2.30. The number of halogens is 3. The average Bonchev–Trinajstić information content (AvgIpc) is 2.54. The number of alkyl halides is 3. The van der Waals surface area contributed by atoms with Crippen LogP contribution in [0.2, 0.25) is 0 Å². The van der Waals surface area contributed by atoms with E-state index < -0.39 is 29.7 Å². The summed E-state index contributed by atoms with van der Waals surface area (Å²) >= 11 is 0. The summed E-state index contributed by atoms with van der Waals surface area (Å²) in [5, 5.41) is 0. The van der Waals surface area contributed by atoms with E-state index in [1.54, 1.807) is 4.90 Å². The van der Waals surface area contributed by atoms with Gasteiger partial charge in [-0.1, -0.05) is 0 Å². The Hall–Kier alpha value is -2.32. The second kappa shape index (κ2) is 7.06. The van der Waals surface area contributed by atoms with Crippen LogP contribution in [0.1, 0.15) is 25.3 Å². The third-order valence-electron chi connectivity index (χ3n) is 3.92. The molecular formula is C15H18F3N3O3. The van der Waals surface area contributed by atoms with Crippen LogP contribution >= 0.6 is 0 Å². The van der Waals surface area contributed by atoms with Gasteiger partial charge in [0.1, 0.15) is 5.82 Å². The topological polar surface area (TPSA) is 85.5 Å². The number of piperidine rings is 1. The summed E-state index contributed by atoms with van der Waals surface area (Å²) in [6.45, 7) is 2.33. The van der Waals surface area contributed by atoms with Crippen molar-refractivity contribution in [2.45, 2.75) is 32.0 Å². The lowest BCUT2D eigenvalue weighted by Gasteiger charge is -2.32. The lowest BCUT2D eigenvalue weighted by Crippen LogP contribution is -2.39. The zero-order chi connectivity index (χ0) is 17.9. The number of hydrogen-bond acceptors (Lipinski definition) is 5. The quantitative estimate of drug-likeness (QED) is 0.840. The zero-order valence-corrected chi connectivity index (χ0v) is 13.0. The molecule has 1 aromatic heterocycles. The van der Waals surface area contributed by atoms with Crippen LogP contribution in [0.5, 0.6) is 0 Å². The number of carbonyl (C=O) groups excluding carboxylic acids is 2. The first kappa shape index (κ1) is 18.0. The second-order valence-corrected chi connectivity index (χ2v) is 5.65. The Labute approximate surface area is 136 Å². The third-order valence-corrected chi connectivity index (χ3v) is 3.92. The van der Waals surface area contributed by atoms with Gasteiger partial charge in [0.05, 0.1) is 11.5 Å². The summed E-state index contributed by atoms with van der Waals surface area (Å²) in [4.78, 5) is 28.5. The van der Waals surface area contributed by atoms with Gasteiger partial charge >= 0.3 is 12.1 Å². The molecule has 9 heteroatoms. The van der Waals surface area contributed by atoms with Gasteiger partial charge in [-0.2, -0.15) is 13.2 Å². The molecule has 132 valence electrons. The largest absolute Gasteiger partial charge is 0.452 e. The molecule has 1 atom stereocenters. The van der Waals surface area contributed by atoms with Crippen molar-refractivity contribution in [2.24, 2.45) is 11.7 Å². The maximum Gasteiger partial charge on any atom is 0.417 e. The highest BCUT2D eigenvalue weighted by Gasteiger charge is 2.32. The van der Waals surface area contributed by atoms with Gasteiger partial charge in [0.2, 0.25) is 0 Å². The fourth-order valence-corrected chi connectivity index (χ4v) is 2.41. The molecule has 6 nitrogen and oxygen atoms in total. The number of rotatable bonds is 4. The molecule has 1 fully saturated rings. The van der Waals surface area contributed by atoms with Crippen molar-refractivity contribution in [2.75, 3.05) is 18.0 Å². The number of ether oxygens (including phenoxy) is 1. The predicted molar refractivity (Wildman–Crippen MR) is 78.9 cm³/mol. The van der Waals surface area contributed by atoms with Crippen LogP contribution in [-0.4, -0.2) is 36.1 Å². The summed E-state index contributed by atoms with van der Waals surface area (Å²) in [5.41, 5.74) is 4.24. The number of esters is 1. The first-order valence-electron chi connectivity index (χ1n) is 7.46. The highest BCUT2D eigenvalue weighted by atomic mass is 19.4. The number of hydrogen-bond donors (Lipinski definition) is 1. The lowest BCUT2D eigenvalue weighted by atomic mass is 9.97. The van der Waals surface area contributed by atoms with E-state index in [1.807, 2.05) is 0 Å². The van der Waals surface area contributed by atoms with Crippen LogP contribution < -0.4 is 10.6 Å². The van der Waals surface area contributed by atoms with Gasteiger partial charge in [-0.3, -0.25) is 9.59 Å². The van der Waals surface area contributed by atoms with Gasteiger partial charge < -0.3 is 15.4 Å². The summed E-state index contributed by atoms with van der Waals surface area (Å²) in [5.74, 6) is -1.13. The zero-order valence-electron chi connectivity index (χ0n) is 13.0. The fourth-order valence-electron chi connectivity index (χ4n) is 2.41. The summed E-state index contributed by atoms with van der Waals surface area (Å²) in [7, 11) is 0. The van der Waals surface area contributed by atoms with Crippen LogP contribution in [0.3, 0.4) is 0 Å². The third kappa shape index (κ3) is 4.36. The fraction of sp³-hybridized carbons (Fsp3) is 0.533. The van der Waals surface area contributed by atoms with Gasteiger partial charge in [0.15, 0.2) is 6.10 Å². The molecule has 2 heterocycles. The van der Waals surface area contributed by atoms with Crippen molar-refractivity contribution in [1.29, 1.82) is 0 Å². The molecule has 1 amide bonds. The second-order valence-electron chi connectivity index (χ2n) is 5.65. The van der Waals surface area contributed by atoms with Gasteiger partial charge in [0, 0.05) is 19.3 Å². The molecule has 0 radical (unpaired) electrons. The SMILES string of the molecule is C[C@H](OC(=O)C1CCN(c2ccc(C(F)(F)F)cn2)CC1)C(N)=O. The minimum Gasteiger partial charge on any atom is -0.452 e. The number of nitrogens with two attached hydrogens (primary N) is 1. The molecule has 0 aliphatic carbocycles. The minimum absolute atomic E-state index is 0.363.